The molecule has 84 valence electrons. The number of methoxy groups -OCH3 is 1. The van der Waals surface area contributed by atoms with Crippen molar-refractivity contribution in [3.63, 3.8) is 0 Å². The van der Waals surface area contributed by atoms with Crippen molar-refractivity contribution in [3.8, 4) is 0 Å². The summed E-state index contributed by atoms with van der Waals surface area (Å²) < 4.78 is 6.75. The molecule has 0 amide bonds. The quantitative estimate of drug-likeness (QED) is 0.757. The zero-order chi connectivity index (χ0) is 11.4. The van der Waals surface area contributed by atoms with Crippen molar-refractivity contribution in [2.24, 2.45) is 0 Å². The van der Waals surface area contributed by atoms with E-state index in [1.807, 2.05) is 31.5 Å². The lowest BCUT2D eigenvalue weighted by atomic mass is 10.2. The lowest BCUT2D eigenvalue weighted by Gasteiger charge is -2.10. The molecule has 0 saturated heterocycles. The Bertz CT molecular complexity index is 356. The van der Waals surface area contributed by atoms with E-state index in [2.05, 4.69) is 5.32 Å². The number of aromatic nitrogens is 1. The summed E-state index contributed by atoms with van der Waals surface area (Å²) in [7, 11) is 3.30. The number of ether oxygens (including phenoxy) is 1. The minimum atomic E-state index is -0.267. The maximum atomic E-state index is 11.6. The Morgan fingerprint density at radius 2 is 2.20 bits per heavy atom. The number of carbonyl (C=O) groups excluding carboxylic acids is 1. The highest BCUT2D eigenvalue weighted by molar-refractivity contribution is 5.89. The summed E-state index contributed by atoms with van der Waals surface area (Å²) in [6.07, 6.45) is 0. The highest BCUT2D eigenvalue weighted by Crippen LogP contribution is 2.15. The van der Waals surface area contributed by atoms with E-state index >= 15 is 0 Å². The summed E-state index contributed by atoms with van der Waals surface area (Å²) in [6, 6.07) is 2.00. The fraction of sp³-hybridized carbons (Fsp3) is 0.545. The predicted molar refractivity (Wildman–Crippen MR) is 59.2 cm³/mol. The third-order valence-electron chi connectivity index (χ3n) is 2.46. The van der Waals surface area contributed by atoms with Crippen LogP contribution in [-0.4, -0.2) is 31.2 Å². The Morgan fingerprint density at radius 1 is 1.53 bits per heavy atom. The average Bonchev–Trinajstić information content (AvgIpc) is 2.49. The van der Waals surface area contributed by atoms with Gasteiger partial charge in [0.25, 0.3) is 0 Å². The number of nitrogens with zero attached hydrogens (tertiary/aromatic N) is 1. The summed E-state index contributed by atoms with van der Waals surface area (Å²) in [5.41, 5.74) is 2.71. The molecule has 0 aliphatic rings. The monoisotopic (exact) mass is 210 g/mol. The topological polar surface area (TPSA) is 43.3 Å². The standard InChI is InChI=1S/C11H18N2O2/c1-8-7-9(2)13(6-5-12-3)10(8)11(14)15-4/h7,12H,5-6H2,1-4H3. The number of aryl methyl sites for hydroxylation is 2. The summed E-state index contributed by atoms with van der Waals surface area (Å²) in [5.74, 6) is -0.267. The molecule has 1 aromatic heterocycles. The zero-order valence-electron chi connectivity index (χ0n) is 9.76. The van der Waals surface area contributed by atoms with Crippen LogP contribution in [0.3, 0.4) is 0 Å². The van der Waals surface area contributed by atoms with Crippen molar-refractivity contribution < 1.29 is 9.53 Å². The molecule has 1 N–H and O–H groups in total. The van der Waals surface area contributed by atoms with Gasteiger partial charge in [0, 0.05) is 18.8 Å². The fourth-order valence-electron chi connectivity index (χ4n) is 1.73. The van der Waals surface area contributed by atoms with Gasteiger partial charge in [0.05, 0.1) is 7.11 Å². The van der Waals surface area contributed by atoms with Gasteiger partial charge in [-0.3, -0.25) is 0 Å². The molecule has 0 saturated carbocycles. The number of rotatable bonds is 4. The molecule has 1 heterocycles. The summed E-state index contributed by atoms with van der Waals surface area (Å²) in [5, 5.41) is 3.06. The molecular weight excluding hydrogens is 192 g/mol. The van der Waals surface area contributed by atoms with Crippen LogP contribution in [0.15, 0.2) is 6.07 Å². The highest BCUT2D eigenvalue weighted by Gasteiger charge is 2.16. The van der Waals surface area contributed by atoms with Gasteiger partial charge in [-0.1, -0.05) is 0 Å². The Balaban J connectivity index is 3.05. The molecule has 0 bridgehead atoms. The molecule has 4 heteroatoms. The second-order valence-corrected chi connectivity index (χ2v) is 3.56. The van der Waals surface area contributed by atoms with E-state index in [1.165, 1.54) is 7.11 Å². The van der Waals surface area contributed by atoms with Crippen molar-refractivity contribution in [1.29, 1.82) is 0 Å². The molecule has 0 aliphatic carbocycles. The van der Waals surface area contributed by atoms with E-state index in [-0.39, 0.29) is 5.97 Å². The van der Waals surface area contributed by atoms with Gasteiger partial charge in [0.2, 0.25) is 0 Å². The lowest BCUT2D eigenvalue weighted by Crippen LogP contribution is -2.20. The van der Waals surface area contributed by atoms with Gasteiger partial charge < -0.3 is 14.6 Å². The molecule has 4 nitrogen and oxygen atoms in total. The number of carbonyl (C=O) groups is 1. The molecule has 0 atom stereocenters. The van der Waals surface area contributed by atoms with Gasteiger partial charge in [-0.15, -0.1) is 0 Å². The van der Waals surface area contributed by atoms with Gasteiger partial charge in [-0.2, -0.15) is 0 Å². The van der Waals surface area contributed by atoms with E-state index in [4.69, 9.17) is 4.74 Å². The van der Waals surface area contributed by atoms with Gasteiger partial charge in [0.1, 0.15) is 5.69 Å². The van der Waals surface area contributed by atoms with Gasteiger partial charge in [-0.25, -0.2) is 4.79 Å². The minimum absolute atomic E-state index is 0.267. The fourth-order valence-corrected chi connectivity index (χ4v) is 1.73. The molecular formula is C11H18N2O2. The van der Waals surface area contributed by atoms with E-state index in [0.717, 1.165) is 24.3 Å². The van der Waals surface area contributed by atoms with E-state index in [1.54, 1.807) is 0 Å². The number of hydrogen-bond acceptors (Lipinski definition) is 3. The number of hydrogen-bond donors (Lipinski definition) is 1. The third kappa shape index (κ3) is 2.39. The van der Waals surface area contributed by atoms with Crippen LogP contribution >= 0.6 is 0 Å². The number of likely N-dealkylation sites (N-methyl/N-ethyl adjacent to an activating group) is 1. The zero-order valence-corrected chi connectivity index (χ0v) is 9.76. The summed E-state index contributed by atoms with van der Waals surface area (Å²) >= 11 is 0. The van der Waals surface area contributed by atoms with Crippen molar-refractivity contribution in [2.45, 2.75) is 20.4 Å². The van der Waals surface area contributed by atoms with Crippen LogP contribution < -0.4 is 5.32 Å². The first-order chi connectivity index (χ1) is 7.11. The molecule has 0 aromatic carbocycles. The molecule has 0 aliphatic heterocycles. The normalized spacial score (nSPS) is 10.4. The molecule has 0 spiro atoms. The molecule has 15 heavy (non-hydrogen) atoms. The Morgan fingerprint density at radius 3 is 2.73 bits per heavy atom. The maximum absolute atomic E-state index is 11.6. The van der Waals surface area contributed by atoms with Crippen LogP contribution in [0.25, 0.3) is 0 Å². The first-order valence-corrected chi connectivity index (χ1v) is 5.01. The molecule has 0 fully saturated rings. The number of esters is 1. The Kier molecular flexibility index (Phi) is 3.91. The largest absolute Gasteiger partial charge is 0.464 e. The van der Waals surface area contributed by atoms with E-state index < -0.39 is 0 Å². The van der Waals surface area contributed by atoms with Crippen molar-refractivity contribution in [3.05, 3.63) is 23.0 Å². The van der Waals surface area contributed by atoms with Gasteiger partial charge in [0.15, 0.2) is 0 Å². The second kappa shape index (κ2) is 4.98. The highest BCUT2D eigenvalue weighted by atomic mass is 16.5. The number of nitrogens with one attached hydrogen (secondary N) is 1. The van der Waals surface area contributed by atoms with Crippen LogP contribution in [0.2, 0.25) is 0 Å². The van der Waals surface area contributed by atoms with Crippen LogP contribution in [0, 0.1) is 13.8 Å². The van der Waals surface area contributed by atoms with Gasteiger partial charge >= 0.3 is 5.97 Å². The first-order valence-electron chi connectivity index (χ1n) is 5.01. The Labute approximate surface area is 90.2 Å². The van der Waals surface area contributed by atoms with Crippen molar-refractivity contribution >= 4 is 5.97 Å². The van der Waals surface area contributed by atoms with Crippen molar-refractivity contribution in [2.75, 3.05) is 20.7 Å². The third-order valence-corrected chi connectivity index (χ3v) is 2.46. The predicted octanol–water partition coefficient (Wildman–Crippen LogP) is 1.11. The minimum Gasteiger partial charge on any atom is -0.464 e. The lowest BCUT2D eigenvalue weighted by molar-refractivity contribution is 0.0587. The average molecular weight is 210 g/mol. The second-order valence-electron chi connectivity index (χ2n) is 3.56. The van der Waals surface area contributed by atoms with E-state index in [0.29, 0.717) is 5.69 Å². The molecule has 1 aromatic rings. The van der Waals surface area contributed by atoms with Crippen LogP contribution in [0.4, 0.5) is 0 Å². The summed E-state index contributed by atoms with van der Waals surface area (Å²) in [4.78, 5) is 11.6. The van der Waals surface area contributed by atoms with Crippen LogP contribution in [0.5, 0.6) is 0 Å². The Hall–Kier alpha value is -1.29. The van der Waals surface area contributed by atoms with Crippen LogP contribution in [0.1, 0.15) is 21.7 Å². The van der Waals surface area contributed by atoms with Gasteiger partial charge in [-0.05, 0) is 32.5 Å². The van der Waals surface area contributed by atoms with Crippen LogP contribution in [-0.2, 0) is 11.3 Å². The smallest absolute Gasteiger partial charge is 0.354 e. The first kappa shape index (κ1) is 11.8. The molecule has 1 rings (SSSR count). The maximum Gasteiger partial charge on any atom is 0.354 e. The molecule has 0 radical (unpaired) electrons. The van der Waals surface area contributed by atoms with Crippen molar-refractivity contribution in [1.82, 2.24) is 9.88 Å². The summed E-state index contributed by atoms with van der Waals surface area (Å²) in [6.45, 7) is 5.53. The van der Waals surface area contributed by atoms with E-state index in [9.17, 15) is 4.79 Å². The molecule has 0 unspecified atom stereocenters. The SMILES string of the molecule is CNCCn1c(C)cc(C)c1C(=O)OC.